The number of non-ortho nitro benzene ring substituents is 1. The van der Waals surface area contributed by atoms with E-state index in [1.807, 2.05) is 0 Å². The van der Waals surface area contributed by atoms with Gasteiger partial charge in [-0.15, -0.1) is 11.6 Å². The second-order valence-electron chi connectivity index (χ2n) is 7.27. The molecule has 0 saturated carbocycles. The van der Waals surface area contributed by atoms with Crippen molar-refractivity contribution < 1.29 is 28.5 Å². The Kier molecular flexibility index (Phi) is 7.49. The molecule has 1 heterocycles. The van der Waals surface area contributed by atoms with E-state index < -0.39 is 40.3 Å². The number of nitro benzene ring substituents is 1. The third-order valence-electron chi connectivity index (χ3n) is 5.11. The largest absolute Gasteiger partial charge is 0.292 e. The fourth-order valence-corrected chi connectivity index (χ4v) is 3.69. The van der Waals surface area contributed by atoms with E-state index in [4.69, 9.17) is 11.6 Å². The number of benzene rings is 2. The van der Waals surface area contributed by atoms with Crippen molar-refractivity contribution in [2.45, 2.75) is 31.7 Å². The van der Waals surface area contributed by atoms with Crippen molar-refractivity contribution in [2.75, 3.05) is 5.88 Å². The van der Waals surface area contributed by atoms with Crippen molar-refractivity contribution in [1.29, 1.82) is 0 Å². The highest BCUT2D eigenvalue weighted by Crippen LogP contribution is 2.25. The summed E-state index contributed by atoms with van der Waals surface area (Å²) in [6.45, 7) is 0. The van der Waals surface area contributed by atoms with E-state index >= 15 is 0 Å². The summed E-state index contributed by atoms with van der Waals surface area (Å²) < 4.78 is 13.3. The van der Waals surface area contributed by atoms with Crippen LogP contribution in [-0.2, 0) is 9.59 Å². The first-order valence-corrected chi connectivity index (χ1v) is 10.6. The van der Waals surface area contributed by atoms with E-state index in [1.54, 1.807) is 0 Å². The number of imide groups is 1. The zero-order valence-corrected chi connectivity index (χ0v) is 18.0. The van der Waals surface area contributed by atoms with Crippen LogP contribution in [0.1, 0.15) is 46.4 Å². The summed E-state index contributed by atoms with van der Waals surface area (Å²) in [5.41, 5.74) is -0.272. The Hall–Kier alpha value is -3.66. The molecule has 0 radical (unpaired) electrons. The van der Waals surface area contributed by atoms with Crippen molar-refractivity contribution in [3.8, 4) is 0 Å². The first-order valence-electron chi connectivity index (χ1n) is 10.0. The molecule has 0 spiro atoms. The zero-order valence-electron chi connectivity index (χ0n) is 17.3. The molecule has 3 rings (SSSR count). The van der Waals surface area contributed by atoms with Gasteiger partial charge >= 0.3 is 0 Å². The normalized spacial score (nSPS) is 14.7. The lowest BCUT2D eigenvalue weighted by Crippen LogP contribution is -2.60. The van der Waals surface area contributed by atoms with E-state index in [2.05, 4.69) is 0 Å². The smallest absolute Gasteiger partial charge is 0.273 e. The van der Waals surface area contributed by atoms with Crippen LogP contribution in [0.15, 0.2) is 48.5 Å². The zero-order chi connectivity index (χ0) is 24.1. The molecular weight excluding hydrogens is 457 g/mol. The van der Waals surface area contributed by atoms with Crippen molar-refractivity contribution >= 4 is 40.8 Å². The van der Waals surface area contributed by atoms with E-state index in [0.717, 1.165) is 29.3 Å². The quantitative estimate of drug-likeness (QED) is 0.189. The van der Waals surface area contributed by atoms with Gasteiger partial charge in [-0.25, -0.2) is 9.40 Å². The van der Waals surface area contributed by atoms with Crippen LogP contribution in [0, 0.1) is 15.9 Å². The number of hydrogen-bond acceptors (Lipinski definition) is 6. The standard InChI is InChI=1S/C22H19ClFN3O6/c23-13-12-18(21(30)14-4-8-16(24)9-5-14)25(26-19(28)2-1-3-20(26)29)22(31)15-6-10-17(11-7-15)27(32)33/h4-11,18H,1-3,12-13H2/t18-/m0/s1. The average Bonchev–Trinajstić information content (AvgIpc) is 2.80. The van der Waals surface area contributed by atoms with Gasteiger partial charge in [-0.05, 0) is 49.2 Å². The van der Waals surface area contributed by atoms with Gasteiger partial charge in [0, 0.05) is 42.0 Å². The molecule has 1 saturated heterocycles. The molecule has 1 aliphatic rings. The van der Waals surface area contributed by atoms with Crippen LogP contribution in [0.3, 0.4) is 0 Å². The molecule has 0 unspecified atom stereocenters. The predicted octanol–water partition coefficient (Wildman–Crippen LogP) is 3.51. The minimum Gasteiger partial charge on any atom is -0.292 e. The summed E-state index contributed by atoms with van der Waals surface area (Å²) in [4.78, 5) is 62.4. The number of rotatable bonds is 8. The molecule has 9 nitrogen and oxygen atoms in total. The molecule has 0 bridgehead atoms. The molecule has 3 amide bonds. The monoisotopic (exact) mass is 475 g/mol. The van der Waals surface area contributed by atoms with Gasteiger partial charge in [-0.2, -0.15) is 5.01 Å². The van der Waals surface area contributed by atoms with E-state index in [9.17, 15) is 33.7 Å². The molecule has 0 aliphatic carbocycles. The van der Waals surface area contributed by atoms with E-state index in [0.29, 0.717) is 11.4 Å². The number of hydrazine groups is 1. The lowest BCUT2D eigenvalue weighted by Gasteiger charge is -2.39. The maximum Gasteiger partial charge on any atom is 0.273 e. The minimum absolute atomic E-state index is 0.00584. The lowest BCUT2D eigenvalue weighted by molar-refractivity contribution is -0.384. The van der Waals surface area contributed by atoms with Crippen LogP contribution in [0.25, 0.3) is 0 Å². The molecule has 0 N–H and O–H groups in total. The summed E-state index contributed by atoms with van der Waals surface area (Å²) in [5.74, 6) is -3.49. The molecule has 1 aliphatic heterocycles. The van der Waals surface area contributed by atoms with E-state index in [1.165, 1.54) is 24.3 Å². The topological polar surface area (TPSA) is 118 Å². The Balaban J connectivity index is 2.08. The second kappa shape index (κ2) is 10.3. The summed E-state index contributed by atoms with van der Waals surface area (Å²) in [6.07, 6.45) is 0.190. The highest BCUT2D eigenvalue weighted by molar-refractivity contribution is 6.18. The van der Waals surface area contributed by atoms with Gasteiger partial charge < -0.3 is 0 Å². The fraction of sp³-hybridized carbons (Fsp3) is 0.273. The minimum atomic E-state index is -1.35. The van der Waals surface area contributed by atoms with Crippen molar-refractivity contribution in [1.82, 2.24) is 10.0 Å². The van der Waals surface area contributed by atoms with Gasteiger partial charge in [0.1, 0.15) is 11.9 Å². The lowest BCUT2D eigenvalue weighted by atomic mass is 10.00. The molecule has 1 atom stereocenters. The maximum atomic E-state index is 13.5. The number of halogens is 2. The summed E-state index contributed by atoms with van der Waals surface area (Å²) in [7, 11) is 0. The highest BCUT2D eigenvalue weighted by atomic mass is 35.5. The average molecular weight is 476 g/mol. The molecule has 2 aromatic carbocycles. The third-order valence-corrected chi connectivity index (χ3v) is 5.33. The van der Waals surface area contributed by atoms with Crippen LogP contribution in [0.2, 0.25) is 0 Å². The van der Waals surface area contributed by atoms with Crippen LogP contribution < -0.4 is 0 Å². The number of nitrogens with zero attached hydrogens (tertiary/aromatic N) is 3. The number of alkyl halides is 1. The maximum absolute atomic E-state index is 13.5. The van der Waals surface area contributed by atoms with Crippen LogP contribution in [-0.4, -0.2) is 50.4 Å². The van der Waals surface area contributed by atoms with Crippen LogP contribution in [0.4, 0.5) is 10.1 Å². The molecule has 0 aromatic heterocycles. The number of amides is 3. The summed E-state index contributed by atoms with van der Waals surface area (Å²) >= 11 is 5.90. The van der Waals surface area contributed by atoms with Crippen LogP contribution in [0.5, 0.6) is 0 Å². The first-order chi connectivity index (χ1) is 15.7. The van der Waals surface area contributed by atoms with Gasteiger partial charge in [0.25, 0.3) is 11.6 Å². The number of carbonyl (C=O) groups excluding carboxylic acids is 4. The Morgan fingerprint density at radius 1 is 1.03 bits per heavy atom. The van der Waals surface area contributed by atoms with Gasteiger partial charge in [0.2, 0.25) is 11.8 Å². The summed E-state index contributed by atoms with van der Waals surface area (Å²) in [6, 6.07) is 7.81. The molecule has 33 heavy (non-hydrogen) atoms. The second-order valence-corrected chi connectivity index (χ2v) is 7.65. The van der Waals surface area contributed by atoms with E-state index in [-0.39, 0.29) is 42.0 Å². The van der Waals surface area contributed by atoms with Crippen molar-refractivity contribution in [3.63, 3.8) is 0 Å². The Bertz CT molecular complexity index is 1070. The van der Waals surface area contributed by atoms with Gasteiger partial charge in [0.15, 0.2) is 5.78 Å². The third kappa shape index (κ3) is 5.23. The summed E-state index contributed by atoms with van der Waals surface area (Å²) in [5, 5.41) is 12.4. The SMILES string of the molecule is O=C(c1ccc(F)cc1)[C@H](CCCl)N(C(=O)c1ccc([N+](=O)[O-])cc1)N1C(=O)CCCC1=O. The highest BCUT2D eigenvalue weighted by Gasteiger charge is 2.41. The Labute approximate surface area is 192 Å². The predicted molar refractivity (Wildman–Crippen MR) is 115 cm³/mol. The molecule has 2 aromatic rings. The number of ketones is 1. The number of Topliss-reactive ketones (excluding diaryl/α,β-unsaturated/α-hetero) is 1. The molecule has 172 valence electrons. The number of carbonyl (C=O) groups is 4. The number of nitro groups is 1. The Morgan fingerprint density at radius 3 is 2.09 bits per heavy atom. The van der Waals surface area contributed by atoms with Crippen molar-refractivity contribution in [3.05, 3.63) is 75.6 Å². The number of hydrogen-bond donors (Lipinski definition) is 0. The fourth-order valence-electron chi connectivity index (χ4n) is 3.49. The van der Waals surface area contributed by atoms with Gasteiger partial charge in [-0.1, -0.05) is 0 Å². The van der Waals surface area contributed by atoms with Gasteiger partial charge in [0.05, 0.1) is 4.92 Å². The van der Waals surface area contributed by atoms with Gasteiger partial charge in [-0.3, -0.25) is 29.3 Å². The molecular formula is C22H19ClFN3O6. The molecule has 1 fully saturated rings. The number of piperidine rings is 1. The van der Waals surface area contributed by atoms with Crippen LogP contribution >= 0.6 is 11.6 Å². The van der Waals surface area contributed by atoms with Crippen molar-refractivity contribution in [2.24, 2.45) is 0 Å². The molecule has 11 heteroatoms. The Morgan fingerprint density at radius 2 is 1.58 bits per heavy atom. The first kappa shape index (κ1) is 24.0.